The molecule has 0 saturated heterocycles. The molecule has 1 unspecified atom stereocenters. The second kappa shape index (κ2) is 6.84. The van der Waals surface area contributed by atoms with Gasteiger partial charge in [0.15, 0.2) is 0 Å². The normalized spacial score (nSPS) is 10.5. The molecule has 0 saturated carbocycles. The van der Waals surface area contributed by atoms with Gasteiger partial charge in [-0.05, 0) is 26.1 Å². The maximum Gasteiger partial charge on any atom is 0.339 e. The summed E-state index contributed by atoms with van der Waals surface area (Å²) >= 11 is 0. The van der Waals surface area contributed by atoms with Crippen LogP contribution in [-0.4, -0.2) is 17.7 Å². The van der Waals surface area contributed by atoms with Crippen LogP contribution in [-0.2, 0) is 4.79 Å². The maximum atomic E-state index is 10.3. The molecule has 0 fully saturated rings. The molecule has 0 spiro atoms. The van der Waals surface area contributed by atoms with Crippen molar-refractivity contribution in [2.75, 3.05) is 6.66 Å². The van der Waals surface area contributed by atoms with Gasteiger partial charge in [-0.15, -0.1) is 14.3 Å². The molecular weight excluding hydrogens is 171 g/mol. The van der Waals surface area contributed by atoms with Gasteiger partial charge in [-0.3, -0.25) is 0 Å². The Bertz CT molecular complexity index is 235. The van der Waals surface area contributed by atoms with Crippen LogP contribution in [0.5, 0.6) is 0 Å². The minimum Gasteiger partial charge on any atom is -0.477 e. The predicted octanol–water partition coefficient (Wildman–Crippen LogP) is 2.38. The van der Waals surface area contributed by atoms with Crippen molar-refractivity contribution in [1.29, 1.82) is 0 Å². The van der Waals surface area contributed by atoms with Gasteiger partial charge in [0, 0.05) is 0 Å². The Morgan fingerprint density at radius 3 is 2.83 bits per heavy atom. The lowest BCUT2D eigenvalue weighted by Crippen LogP contribution is -1.93. The van der Waals surface area contributed by atoms with Gasteiger partial charge in [-0.1, -0.05) is 11.9 Å². The van der Waals surface area contributed by atoms with E-state index in [4.69, 9.17) is 5.11 Å². The number of carboxylic acid groups (broad SMARTS) is 1. The number of hydrogen-bond acceptors (Lipinski definition) is 1. The molecule has 0 bridgehead atoms. The second-order valence-corrected chi connectivity index (χ2v) is 3.12. The minimum absolute atomic E-state index is 0.252. The van der Waals surface area contributed by atoms with E-state index in [1.165, 1.54) is 6.92 Å². The monoisotopic (exact) mass is 184 g/mol. The molecule has 2 nitrogen and oxygen atoms in total. The van der Waals surface area contributed by atoms with Crippen molar-refractivity contribution in [2.45, 2.75) is 13.3 Å². The molecule has 0 aromatic heterocycles. The van der Waals surface area contributed by atoms with E-state index in [9.17, 15) is 4.79 Å². The first-order chi connectivity index (χ1) is 5.68. The summed E-state index contributed by atoms with van der Waals surface area (Å²) in [4.78, 5) is 10.3. The fourth-order valence-corrected chi connectivity index (χ4v) is 0.899. The average Bonchev–Trinajstić information content (AvgIpc) is 2.03. The highest BCUT2D eigenvalue weighted by atomic mass is 31.1. The summed E-state index contributed by atoms with van der Waals surface area (Å²) in [7, 11) is 0.807. The number of hydrogen-bond donors (Lipinski definition) is 1. The van der Waals surface area contributed by atoms with Gasteiger partial charge in [0.2, 0.25) is 0 Å². The summed E-state index contributed by atoms with van der Waals surface area (Å²) < 4.78 is 0. The highest BCUT2D eigenvalue weighted by molar-refractivity contribution is 7.40. The summed E-state index contributed by atoms with van der Waals surface area (Å²) in [6.45, 7) is 3.61. The van der Waals surface area contributed by atoms with Crippen LogP contribution >= 0.6 is 8.58 Å². The summed E-state index contributed by atoms with van der Waals surface area (Å²) in [6.07, 6.45) is 4.48. The molecule has 0 radical (unpaired) electrons. The fraction of sp³-hybridized carbons (Fsp3) is 0.333. The third-order valence-electron chi connectivity index (χ3n) is 1.18. The lowest BCUT2D eigenvalue weighted by molar-refractivity contribution is -0.132. The topological polar surface area (TPSA) is 37.3 Å². The largest absolute Gasteiger partial charge is 0.477 e. The van der Waals surface area contributed by atoms with E-state index in [0.717, 1.165) is 15.0 Å². The zero-order valence-corrected chi connectivity index (χ0v) is 8.29. The van der Waals surface area contributed by atoms with Crippen molar-refractivity contribution in [3.63, 3.8) is 0 Å². The van der Waals surface area contributed by atoms with Gasteiger partial charge in [-0.25, -0.2) is 4.79 Å². The molecule has 0 amide bonds. The van der Waals surface area contributed by atoms with E-state index in [1.807, 2.05) is 6.08 Å². The Morgan fingerprint density at radius 1 is 1.67 bits per heavy atom. The van der Waals surface area contributed by atoms with Crippen molar-refractivity contribution >= 4 is 14.6 Å². The molecule has 66 valence electrons. The van der Waals surface area contributed by atoms with Gasteiger partial charge in [-0.2, -0.15) is 0 Å². The van der Waals surface area contributed by atoms with Gasteiger partial charge in [0.25, 0.3) is 0 Å². The third kappa shape index (κ3) is 5.91. The first kappa shape index (κ1) is 11.2. The Kier molecular flexibility index (Phi) is 6.37. The van der Waals surface area contributed by atoms with Crippen LogP contribution in [0.2, 0.25) is 0 Å². The number of allylic oxidation sites excluding steroid dienone is 1. The number of aliphatic carboxylic acids is 1. The van der Waals surface area contributed by atoms with Crippen LogP contribution in [0.4, 0.5) is 0 Å². The molecular formula is C9H13O2P. The van der Waals surface area contributed by atoms with Gasteiger partial charge < -0.3 is 5.11 Å². The fourth-order valence-electron chi connectivity index (χ4n) is 0.528. The van der Waals surface area contributed by atoms with E-state index in [0.29, 0.717) is 0 Å². The Labute approximate surface area is 74.5 Å². The molecule has 0 aromatic rings. The summed E-state index contributed by atoms with van der Waals surface area (Å²) in [5.41, 5.74) is 2.94. The molecule has 0 aliphatic heterocycles. The van der Waals surface area contributed by atoms with Crippen molar-refractivity contribution in [1.82, 2.24) is 0 Å². The van der Waals surface area contributed by atoms with E-state index < -0.39 is 5.97 Å². The third-order valence-corrected chi connectivity index (χ3v) is 1.75. The number of carboxylic acids is 1. The van der Waals surface area contributed by atoms with E-state index in [1.54, 1.807) is 6.08 Å². The van der Waals surface area contributed by atoms with Crippen LogP contribution in [0.1, 0.15) is 13.3 Å². The molecule has 0 heterocycles. The minimum atomic E-state index is -0.910. The maximum absolute atomic E-state index is 10.3. The molecule has 12 heavy (non-hydrogen) atoms. The van der Waals surface area contributed by atoms with Crippen molar-refractivity contribution < 1.29 is 9.90 Å². The first-order valence-electron chi connectivity index (χ1n) is 3.65. The number of carbonyl (C=O) groups is 1. The summed E-state index contributed by atoms with van der Waals surface area (Å²) in [5, 5.41) is 8.45. The zero-order chi connectivity index (χ0) is 9.40. The van der Waals surface area contributed by atoms with Crippen LogP contribution in [0.3, 0.4) is 0 Å². The highest BCUT2D eigenvalue weighted by Gasteiger charge is 1.94. The highest BCUT2D eigenvalue weighted by Crippen LogP contribution is 2.03. The smallest absolute Gasteiger partial charge is 0.339 e. The molecule has 3 heteroatoms. The van der Waals surface area contributed by atoms with E-state index in [2.05, 4.69) is 18.2 Å². The van der Waals surface area contributed by atoms with Crippen LogP contribution in [0, 0.1) is 0 Å². The van der Waals surface area contributed by atoms with Crippen molar-refractivity contribution in [3.05, 3.63) is 29.3 Å². The molecule has 1 N–H and O–H groups in total. The van der Waals surface area contributed by atoms with Gasteiger partial charge in [0.1, 0.15) is 0 Å². The lowest BCUT2D eigenvalue weighted by Gasteiger charge is -1.83. The Morgan fingerprint density at radius 2 is 2.33 bits per heavy atom. The Hall–Kier alpha value is -0.840. The average molecular weight is 184 g/mol. The molecule has 0 aliphatic carbocycles. The Balaban J connectivity index is 3.97. The lowest BCUT2D eigenvalue weighted by atomic mass is 10.3. The van der Waals surface area contributed by atoms with E-state index >= 15 is 0 Å². The van der Waals surface area contributed by atoms with Gasteiger partial charge >= 0.3 is 5.97 Å². The standard InChI is InChI=1S/C9H13O2P/c1-8(9(10)11)6-4-3-5-7-12-2/h4-5,7,12H,3H2,1-2H3,(H,10,11)/b7-5-. The first-order valence-corrected chi connectivity index (χ1v) is 5.23. The quantitative estimate of drug-likeness (QED) is 0.413. The van der Waals surface area contributed by atoms with Crippen molar-refractivity contribution in [3.8, 4) is 0 Å². The summed E-state index contributed by atoms with van der Waals surface area (Å²) in [5.74, 6) is 1.15. The van der Waals surface area contributed by atoms with Gasteiger partial charge in [0.05, 0.1) is 5.57 Å². The molecule has 0 rings (SSSR count). The predicted molar refractivity (Wildman–Crippen MR) is 52.9 cm³/mol. The van der Waals surface area contributed by atoms with Crippen LogP contribution in [0.25, 0.3) is 0 Å². The zero-order valence-electron chi connectivity index (χ0n) is 7.29. The van der Waals surface area contributed by atoms with E-state index in [-0.39, 0.29) is 5.57 Å². The van der Waals surface area contributed by atoms with Crippen LogP contribution in [0.15, 0.2) is 29.3 Å². The number of rotatable bonds is 4. The summed E-state index contributed by atoms with van der Waals surface area (Å²) in [6, 6.07) is 0. The van der Waals surface area contributed by atoms with Crippen molar-refractivity contribution in [2.24, 2.45) is 0 Å². The van der Waals surface area contributed by atoms with Crippen LogP contribution < -0.4 is 0 Å². The SMILES string of the molecule is CP/C=C\CC=C=C(C)C(=O)O. The molecule has 0 aromatic carbocycles. The molecule has 0 aliphatic rings. The molecule has 1 atom stereocenters. The second-order valence-electron chi connectivity index (χ2n) is 2.21.